The maximum absolute atomic E-state index is 10.2. The maximum Gasteiger partial charge on any atom is 0.121 e. The normalized spacial score (nSPS) is 12.6. The summed E-state index contributed by atoms with van der Waals surface area (Å²) in [5.41, 5.74) is 1.70. The van der Waals surface area contributed by atoms with E-state index < -0.39 is 6.10 Å². The van der Waals surface area contributed by atoms with E-state index in [1.54, 1.807) is 22.6 Å². The van der Waals surface area contributed by atoms with Crippen LogP contribution in [-0.4, -0.2) is 20.6 Å². The van der Waals surface area contributed by atoms with Crippen molar-refractivity contribution >= 4 is 11.8 Å². The summed E-state index contributed by atoms with van der Waals surface area (Å²) in [4.78, 5) is 1.23. The molecule has 0 spiro atoms. The van der Waals surface area contributed by atoms with E-state index in [0.29, 0.717) is 0 Å². The first-order valence-electron chi connectivity index (χ1n) is 5.61. The number of aryl methyl sites for hydroxylation is 1. The molecule has 0 amide bonds. The molecule has 90 valence electrons. The molecule has 0 bridgehead atoms. The fraction of sp³-hybridized carbons (Fsp3) is 0.308. The summed E-state index contributed by atoms with van der Waals surface area (Å²) < 4.78 is 1.69. The highest BCUT2D eigenvalue weighted by Gasteiger charge is 2.13. The predicted molar refractivity (Wildman–Crippen MR) is 70.1 cm³/mol. The number of rotatable bonds is 4. The van der Waals surface area contributed by atoms with Crippen molar-refractivity contribution in [2.24, 2.45) is 7.05 Å². The van der Waals surface area contributed by atoms with E-state index in [1.165, 1.54) is 4.90 Å². The molecule has 4 heteroatoms. The fourth-order valence-corrected chi connectivity index (χ4v) is 2.40. The van der Waals surface area contributed by atoms with Crippen molar-refractivity contribution in [3.8, 4) is 0 Å². The Hall–Kier alpha value is -1.26. The van der Waals surface area contributed by atoms with Crippen molar-refractivity contribution < 1.29 is 5.11 Å². The SMILES string of the molecule is CCSc1ccc(C(O)c2ccnn2C)cc1. The van der Waals surface area contributed by atoms with Gasteiger partial charge < -0.3 is 5.11 Å². The molecule has 0 saturated heterocycles. The Morgan fingerprint density at radius 1 is 1.29 bits per heavy atom. The molecule has 2 aromatic rings. The highest BCUT2D eigenvalue weighted by atomic mass is 32.2. The molecule has 0 radical (unpaired) electrons. The zero-order valence-corrected chi connectivity index (χ0v) is 10.8. The highest BCUT2D eigenvalue weighted by molar-refractivity contribution is 7.99. The average molecular weight is 248 g/mol. The van der Waals surface area contributed by atoms with Crippen LogP contribution in [0.4, 0.5) is 0 Å². The molecule has 17 heavy (non-hydrogen) atoms. The Balaban J connectivity index is 2.20. The number of benzene rings is 1. The zero-order chi connectivity index (χ0) is 12.3. The topological polar surface area (TPSA) is 38.1 Å². The van der Waals surface area contributed by atoms with Crippen molar-refractivity contribution in [1.29, 1.82) is 0 Å². The number of nitrogens with zero attached hydrogens (tertiary/aromatic N) is 2. The van der Waals surface area contributed by atoms with Gasteiger partial charge >= 0.3 is 0 Å². The fourth-order valence-electron chi connectivity index (χ4n) is 1.74. The summed E-state index contributed by atoms with van der Waals surface area (Å²) in [6.07, 6.45) is 1.09. The lowest BCUT2D eigenvalue weighted by Gasteiger charge is -2.11. The predicted octanol–water partition coefficient (Wildman–Crippen LogP) is 2.61. The van der Waals surface area contributed by atoms with Crippen LogP contribution in [0.2, 0.25) is 0 Å². The van der Waals surface area contributed by atoms with Gasteiger partial charge in [-0.15, -0.1) is 11.8 Å². The monoisotopic (exact) mass is 248 g/mol. The van der Waals surface area contributed by atoms with Crippen LogP contribution in [0.3, 0.4) is 0 Å². The third-order valence-electron chi connectivity index (χ3n) is 2.65. The smallest absolute Gasteiger partial charge is 0.121 e. The van der Waals surface area contributed by atoms with Crippen molar-refractivity contribution in [2.75, 3.05) is 5.75 Å². The minimum Gasteiger partial charge on any atom is -0.382 e. The molecule has 0 aliphatic carbocycles. The molecule has 2 rings (SSSR count). The molecule has 1 N–H and O–H groups in total. The molecular formula is C13H16N2OS. The van der Waals surface area contributed by atoms with Crippen LogP contribution in [0.5, 0.6) is 0 Å². The third-order valence-corrected chi connectivity index (χ3v) is 3.54. The summed E-state index contributed by atoms with van der Waals surface area (Å²) in [5, 5.41) is 14.3. The van der Waals surface area contributed by atoms with Crippen molar-refractivity contribution in [3.05, 3.63) is 47.8 Å². The van der Waals surface area contributed by atoms with Crippen molar-refractivity contribution in [3.63, 3.8) is 0 Å². The van der Waals surface area contributed by atoms with Gasteiger partial charge in [0.05, 0.1) is 5.69 Å². The van der Waals surface area contributed by atoms with Gasteiger partial charge in [-0.25, -0.2) is 0 Å². The van der Waals surface area contributed by atoms with Crippen LogP contribution < -0.4 is 0 Å². The second-order valence-corrected chi connectivity index (χ2v) is 5.12. The van der Waals surface area contributed by atoms with Crippen LogP contribution >= 0.6 is 11.8 Å². The Morgan fingerprint density at radius 2 is 2.00 bits per heavy atom. The molecule has 0 saturated carbocycles. The van der Waals surface area contributed by atoms with Crippen molar-refractivity contribution in [1.82, 2.24) is 9.78 Å². The molecule has 1 unspecified atom stereocenters. The largest absolute Gasteiger partial charge is 0.382 e. The molecular weight excluding hydrogens is 232 g/mol. The average Bonchev–Trinajstić information content (AvgIpc) is 2.76. The first-order chi connectivity index (χ1) is 8.22. The van der Waals surface area contributed by atoms with E-state index in [1.807, 2.05) is 37.4 Å². The lowest BCUT2D eigenvalue weighted by Crippen LogP contribution is -2.06. The molecule has 1 atom stereocenters. The second kappa shape index (κ2) is 5.38. The third kappa shape index (κ3) is 2.70. The molecule has 0 aliphatic rings. The van der Waals surface area contributed by atoms with Crippen LogP contribution in [-0.2, 0) is 7.05 Å². The van der Waals surface area contributed by atoms with Gasteiger partial charge in [0.15, 0.2) is 0 Å². The maximum atomic E-state index is 10.2. The van der Waals surface area contributed by atoms with Crippen LogP contribution in [0, 0.1) is 0 Å². The molecule has 1 aromatic carbocycles. The molecule has 0 aliphatic heterocycles. The number of hydrogen-bond acceptors (Lipinski definition) is 3. The van der Waals surface area contributed by atoms with E-state index in [4.69, 9.17) is 0 Å². The number of aliphatic hydroxyl groups is 1. The zero-order valence-electron chi connectivity index (χ0n) is 10.00. The van der Waals surface area contributed by atoms with E-state index in [0.717, 1.165) is 17.0 Å². The Kier molecular flexibility index (Phi) is 3.86. The quantitative estimate of drug-likeness (QED) is 0.845. The number of aromatic nitrogens is 2. The Labute approximate surface area is 105 Å². The van der Waals surface area contributed by atoms with Gasteiger partial charge in [0.2, 0.25) is 0 Å². The lowest BCUT2D eigenvalue weighted by atomic mass is 10.1. The van der Waals surface area contributed by atoms with Gasteiger partial charge in [0.1, 0.15) is 6.10 Å². The Bertz CT molecular complexity index is 478. The van der Waals surface area contributed by atoms with Gasteiger partial charge in [-0.05, 0) is 29.5 Å². The van der Waals surface area contributed by atoms with E-state index in [9.17, 15) is 5.11 Å². The van der Waals surface area contributed by atoms with Crippen molar-refractivity contribution in [2.45, 2.75) is 17.9 Å². The minimum atomic E-state index is -0.608. The molecule has 3 nitrogen and oxygen atoms in total. The minimum absolute atomic E-state index is 0.608. The number of thioether (sulfide) groups is 1. The highest BCUT2D eigenvalue weighted by Crippen LogP contribution is 2.24. The van der Waals surface area contributed by atoms with Gasteiger partial charge in [-0.2, -0.15) is 5.10 Å². The first kappa shape index (κ1) is 12.2. The standard InChI is InChI=1S/C13H16N2OS/c1-3-17-11-6-4-10(5-7-11)13(16)12-8-9-14-15(12)2/h4-9,13,16H,3H2,1-2H3. The number of hydrogen-bond donors (Lipinski definition) is 1. The van der Waals surface area contributed by atoms with Crippen LogP contribution in [0.25, 0.3) is 0 Å². The van der Waals surface area contributed by atoms with E-state index in [-0.39, 0.29) is 0 Å². The molecule has 1 aromatic heterocycles. The summed E-state index contributed by atoms with van der Waals surface area (Å²) in [6, 6.07) is 9.86. The molecule has 1 heterocycles. The summed E-state index contributed by atoms with van der Waals surface area (Å²) in [7, 11) is 1.83. The van der Waals surface area contributed by atoms with Crippen LogP contribution in [0.15, 0.2) is 41.4 Å². The Morgan fingerprint density at radius 3 is 2.53 bits per heavy atom. The summed E-state index contributed by atoms with van der Waals surface area (Å²) in [6.45, 7) is 2.13. The summed E-state index contributed by atoms with van der Waals surface area (Å²) in [5.74, 6) is 1.06. The van der Waals surface area contributed by atoms with E-state index in [2.05, 4.69) is 12.0 Å². The summed E-state index contributed by atoms with van der Waals surface area (Å²) >= 11 is 1.80. The van der Waals surface area contributed by atoms with Gasteiger partial charge in [0.25, 0.3) is 0 Å². The second-order valence-electron chi connectivity index (χ2n) is 3.78. The first-order valence-corrected chi connectivity index (χ1v) is 6.59. The van der Waals surface area contributed by atoms with Gasteiger partial charge in [0, 0.05) is 18.1 Å². The lowest BCUT2D eigenvalue weighted by molar-refractivity contribution is 0.209. The number of aliphatic hydroxyl groups excluding tert-OH is 1. The molecule has 0 fully saturated rings. The van der Waals surface area contributed by atoms with E-state index >= 15 is 0 Å². The van der Waals surface area contributed by atoms with Gasteiger partial charge in [-0.1, -0.05) is 19.1 Å². The van der Waals surface area contributed by atoms with Crippen LogP contribution in [0.1, 0.15) is 24.3 Å². The van der Waals surface area contributed by atoms with Gasteiger partial charge in [-0.3, -0.25) is 4.68 Å².